The van der Waals surface area contributed by atoms with Crippen LogP contribution in [-0.2, 0) is 9.53 Å². The molecule has 1 aromatic heterocycles. The van der Waals surface area contributed by atoms with Gasteiger partial charge in [-0.3, -0.25) is 9.59 Å². The fourth-order valence-electron chi connectivity index (χ4n) is 5.44. The number of phenolic OH excluding ortho intramolecular Hbond substituents is 1. The predicted octanol–water partition coefficient (Wildman–Crippen LogP) is 5.88. The van der Waals surface area contributed by atoms with Crippen LogP contribution >= 0.6 is 11.6 Å². The number of nitrogens with one attached hydrogen (secondary N) is 2. The van der Waals surface area contributed by atoms with E-state index in [1.165, 1.54) is 13.2 Å². The topological polar surface area (TPSA) is 138 Å². The van der Waals surface area contributed by atoms with Gasteiger partial charge in [-0.05, 0) is 79.9 Å². The standard InChI is InChI=1S/C32H31ClN4O5/c1-16-5-10-23(36-30(39)19-6-8-22(34)9-7-19)12-20(16)11-17(2)31(40)37-15-21(14-33)27-24(37)13-25(38)29-28(27)26(18(3)35-29)32(41)42-4/h5-13,21,35,38H,14-15,34H2,1-4H3,(H,36,39)/b17-11+. The molecule has 1 atom stereocenters. The molecule has 5 rings (SSSR count). The van der Waals surface area contributed by atoms with Crippen molar-refractivity contribution in [2.24, 2.45) is 0 Å². The van der Waals surface area contributed by atoms with Crippen LogP contribution in [0.25, 0.3) is 17.0 Å². The van der Waals surface area contributed by atoms with Gasteiger partial charge in [0.2, 0.25) is 0 Å². The van der Waals surface area contributed by atoms with E-state index in [2.05, 4.69) is 10.3 Å². The number of methoxy groups -OCH3 is 1. The largest absolute Gasteiger partial charge is 0.506 e. The average molecular weight is 587 g/mol. The number of aromatic amines is 1. The highest BCUT2D eigenvalue weighted by Gasteiger charge is 2.37. The molecule has 3 aromatic carbocycles. The summed E-state index contributed by atoms with van der Waals surface area (Å²) in [6.07, 6.45) is 1.77. The Kier molecular flexibility index (Phi) is 7.71. The number of nitrogen functional groups attached to an aromatic ring is 1. The lowest BCUT2D eigenvalue weighted by atomic mass is 9.95. The second-order valence-electron chi connectivity index (χ2n) is 10.4. The van der Waals surface area contributed by atoms with Crippen molar-refractivity contribution < 1.29 is 24.2 Å². The Bertz CT molecular complexity index is 1770. The highest BCUT2D eigenvalue weighted by molar-refractivity contribution is 6.20. The maximum absolute atomic E-state index is 13.8. The Morgan fingerprint density at radius 1 is 1.17 bits per heavy atom. The van der Waals surface area contributed by atoms with Gasteiger partial charge in [-0.2, -0.15) is 0 Å². The monoisotopic (exact) mass is 586 g/mol. The zero-order valence-corrected chi connectivity index (χ0v) is 24.4. The molecule has 216 valence electrons. The van der Waals surface area contributed by atoms with E-state index < -0.39 is 5.97 Å². The first-order chi connectivity index (χ1) is 20.0. The van der Waals surface area contributed by atoms with Gasteiger partial charge < -0.3 is 30.8 Å². The summed E-state index contributed by atoms with van der Waals surface area (Å²) in [5.41, 5.74) is 11.9. The van der Waals surface area contributed by atoms with Gasteiger partial charge >= 0.3 is 5.97 Å². The molecule has 0 saturated carbocycles. The number of amides is 2. The number of nitrogens with zero attached hydrogens (tertiary/aromatic N) is 1. The van der Waals surface area contributed by atoms with Crippen LogP contribution in [0.15, 0.2) is 54.1 Å². The molecule has 1 aliphatic heterocycles. The predicted molar refractivity (Wildman–Crippen MR) is 165 cm³/mol. The fourth-order valence-corrected chi connectivity index (χ4v) is 5.69. The van der Waals surface area contributed by atoms with E-state index in [1.54, 1.807) is 61.2 Å². The summed E-state index contributed by atoms with van der Waals surface area (Å²) >= 11 is 6.38. The lowest BCUT2D eigenvalue weighted by molar-refractivity contribution is -0.115. The van der Waals surface area contributed by atoms with Crippen molar-refractivity contribution in [3.8, 4) is 5.75 Å². The number of phenols is 1. The maximum Gasteiger partial charge on any atom is 0.340 e. The minimum absolute atomic E-state index is 0.0861. The number of alkyl halides is 1. The molecule has 1 aliphatic rings. The number of ether oxygens (including phenoxy) is 1. The molecule has 0 spiro atoms. The summed E-state index contributed by atoms with van der Waals surface area (Å²) in [6.45, 7) is 5.64. The number of fused-ring (bicyclic) bond motifs is 3. The molecule has 0 aliphatic carbocycles. The average Bonchev–Trinajstić information content (AvgIpc) is 3.51. The summed E-state index contributed by atoms with van der Waals surface area (Å²) in [7, 11) is 1.30. The van der Waals surface area contributed by atoms with Crippen LogP contribution in [0.4, 0.5) is 17.1 Å². The number of benzene rings is 3. The number of rotatable bonds is 6. The van der Waals surface area contributed by atoms with Crippen LogP contribution in [0.1, 0.15) is 55.9 Å². The van der Waals surface area contributed by atoms with Crippen LogP contribution in [0.3, 0.4) is 0 Å². The molecular weight excluding hydrogens is 556 g/mol. The molecule has 5 N–H and O–H groups in total. The van der Waals surface area contributed by atoms with Crippen LogP contribution in [-0.4, -0.2) is 47.4 Å². The third kappa shape index (κ3) is 5.07. The molecule has 0 fully saturated rings. The van der Waals surface area contributed by atoms with Crippen LogP contribution in [0.5, 0.6) is 5.75 Å². The number of hydrogen-bond donors (Lipinski definition) is 4. The summed E-state index contributed by atoms with van der Waals surface area (Å²) in [5, 5.41) is 14.3. The highest BCUT2D eigenvalue weighted by Crippen LogP contribution is 2.47. The van der Waals surface area contributed by atoms with E-state index in [4.69, 9.17) is 22.1 Å². The molecule has 0 saturated heterocycles. The Morgan fingerprint density at radius 2 is 1.88 bits per heavy atom. The zero-order valence-electron chi connectivity index (χ0n) is 23.7. The summed E-state index contributed by atoms with van der Waals surface area (Å²) in [4.78, 5) is 43.9. The molecule has 1 unspecified atom stereocenters. The Labute approximate surface area is 247 Å². The smallest absolute Gasteiger partial charge is 0.340 e. The van der Waals surface area contributed by atoms with E-state index in [-0.39, 0.29) is 35.9 Å². The number of aryl methyl sites for hydroxylation is 2. The number of aromatic nitrogens is 1. The van der Waals surface area contributed by atoms with E-state index in [0.717, 1.165) is 11.1 Å². The van der Waals surface area contributed by atoms with Gasteiger partial charge in [0.05, 0.1) is 23.9 Å². The number of aromatic hydroxyl groups is 1. The first-order valence-corrected chi connectivity index (χ1v) is 13.9. The van der Waals surface area contributed by atoms with Crippen molar-refractivity contribution in [3.05, 3.63) is 87.6 Å². The fraction of sp³-hybridized carbons (Fsp3) is 0.219. The van der Waals surface area contributed by atoms with Crippen LogP contribution in [0, 0.1) is 13.8 Å². The van der Waals surface area contributed by atoms with E-state index >= 15 is 0 Å². The molecule has 4 aromatic rings. The van der Waals surface area contributed by atoms with Gasteiger partial charge in [0.1, 0.15) is 5.75 Å². The summed E-state index contributed by atoms with van der Waals surface area (Å²) < 4.78 is 5.01. The quantitative estimate of drug-likeness (QED) is 0.0963. The van der Waals surface area contributed by atoms with Gasteiger partial charge in [0, 0.05) is 58.0 Å². The second kappa shape index (κ2) is 11.3. The molecule has 9 nitrogen and oxygen atoms in total. The minimum Gasteiger partial charge on any atom is -0.506 e. The van der Waals surface area contributed by atoms with E-state index in [9.17, 15) is 19.5 Å². The number of anilines is 3. The maximum atomic E-state index is 13.8. The Hall–Kier alpha value is -4.76. The van der Waals surface area contributed by atoms with Crippen molar-refractivity contribution in [1.82, 2.24) is 4.98 Å². The summed E-state index contributed by atoms with van der Waals surface area (Å²) in [6, 6.07) is 13.6. The molecular formula is C32H31ClN4O5. The number of hydrogen-bond acceptors (Lipinski definition) is 6. The molecule has 42 heavy (non-hydrogen) atoms. The Morgan fingerprint density at radius 3 is 2.55 bits per heavy atom. The zero-order chi connectivity index (χ0) is 30.3. The molecule has 2 heterocycles. The third-order valence-electron chi connectivity index (χ3n) is 7.60. The normalized spacial score (nSPS) is 14.6. The number of esters is 1. The van der Waals surface area contributed by atoms with Crippen molar-refractivity contribution >= 4 is 63.4 Å². The first kappa shape index (κ1) is 28.8. The van der Waals surface area contributed by atoms with Gasteiger partial charge in [-0.15, -0.1) is 11.6 Å². The lowest BCUT2D eigenvalue weighted by Gasteiger charge is -2.19. The van der Waals surface area contributed by atoms with Crippen LogP contribution < -0.4 is 16.0 Å². The van der Waals surface area contributed by atoms with Crippen LogP contribution in [0.2, 0.25) is 0 Å². The molecule has 2 amide bonds. The lowest BCUT2D eigenvalue weighted by Crippen LogP contribution is -2.30. The van der Waals surface area contributed by atoms with Crippen molar-refractivity contribution in [2.45, 2.75) is 26.7 Å². The van der Waals surface area contributed by atoms with Gasteiger partial charge in [0.25, 0.3) is 11.8 Å². The first-order valence-electron chi connectivity index (χ1n) is 13.3. The molecule has 10 heteroatoms. The molecule has 0 radical (unpaired) electrons. The van der Waals surface area contributed by atoms with Gasteiger partial charge in [0.15, 0.2) is 0 Å². The van der Waals surface area contributed by atoms with Gasteiger partial charge in [-0.25, -0.2) is 4.79 Å². The summed E-state index contributed by atoms with van der Waals surface area (Å²) in [5.74, 6) is -1.24. The number of halogens is 1. The highest BCUT2D eigenvalue weighted by atomic mass is 35.5. The molecule has 0 bridgehead atoms. The van der Waals surface area contributed by atoms with Crippen molar-refractivity contribution in [2.75, 3.05) is 35.5 Å². The Balaban J connectivity index is 1.49. The number of H-pyrrole nitrogens is 1. The number of nitrogens with two attached hydrogens (primary N) is 1. The third-order valence-corrected chi connectivity index (χ3v) is 7.98. The van der Waals surface area contributed by atoms with Crippen molar-refractivity contribution in [1.29, 1.82) is 0 Å². The van der Waals surface area contributed by atoms with E-state index in [1.807, 2.05) is 13.0 Å². The van der Waals surface area contributed by atoms with E-state index in [0.29, 0.717) is 55.9 Å². The number of carbonyl (C=O) groups is 3. The minimum atomic E-state index is -0.542. The number of carbonyl (C=O) groups excluding carboxylic acids is 3. The SMILES string of the molecule is COC(=O)c1c(C)[nH]c2c(O)cc3c(c12)C(CCl)CN3C(=O)/C(C)=C/c1cc(NC(=O)c2ccc(N)cc2)ccc1C. The van der Waals surface area contributed by atoms with Gasteiger partial charge in [-0.1, -0.05) is 6.07 Å². The second-order valence-corrected chi connectivity index (χ2v) is 10.7. The van der Waals surface area contributed by atoms with Crippen molar-refractivity contribution in [3.63, 3.8) is 0 Å².